The van der Waals surface area contributed by atoms with E-state index in [0.717, 1.165) is 36.2 Å². The summed E-state index contributed by atoms with van der Waals surface area (Å²) < 4.78 is 1.97. The molecular weight excluding hydrogens is 330 g/mol. The summed E-state index contributed by atoms with van der Waals surface area (Å²) >= 11 is 0. The molecule has 0 saturated heterocycles. The summed E-state index contributed by atoms with van der Waals surface area (Å²) in [4.78, 5) is 23.6. The molecule has 2 heterocycles. The van der Waals surface area contributed by atoms with E-state index in [-0.39, 0.29) is 23.2 Å². The molecule has 1 aliphatic carbocycles. The Bertz CT molecular complexity index is 1030. The lowest BCUT2D eigenvalue weighted by molar-refractivity contribution is 0.0927. The fourth-order valence-electron chi connectivity index (χ4n) is 3.48. The predicted octanol–water partition coefficient (Wildman–Crippen LogP) is 2.31. The number of benzene rings is 1. The van der Waals surface area contributed by atoms with E-state index in [4.69, 9.17) is 0 Å². The Morgan fingerprint density at radius 1 is 1.23 bits per heavy atom. The number of carbonyl (C=O) groups is 1. The SMILES string of the molecule is Cc1ccc(-n2ncc3c2CCCC3NC(=O)c2cc(=O)[nH][nH]2)cc1C. The van der Waals surface area contributed by atoms with E-state index >= 15 is 0 Å². The van der Waals surface area contributed by atoms with Gasteiger partial charge in [-0.2, -0.15) is 5.10 Å². The van der Waals surface area contributed by atoms with Crippen LogP contribution in [0.15, 0.2) is 35.3 Å². The summed E-state index contributed by atoms with van der Waals surface area (Å²) in [6, 6.07) is 7.46. The maximum atomic E-state index is 12.4. The number of carbonyl (C=O) groups excluding carboxylic acids is 1. The van der Waals surface area contributed by atoms with Crippen LogP contribution in [0.4, 0.5) is 0 Å². The molecule has 0 saturated carbocycles. The van der Waals surface area contributed by atoms with Crippen LogP contribution in [0.1, 0.15) is 51.8 Å². The van der Waals surface area contributed by atoms with Crippen molar-refractivity contribution in [1.82, 2.24) is 25.3 Å². The molecular formula is C19H21N5O2. The van der Waals surface area contributed by atoms with Gasteiger partial charge in [-0.3, -0.25) is 19.8 Å². The second kappa shape index (κ2) is 6.33. The van der Waals surface area contributed by atoms with Gasteiger partial charge < -0.3 is 5.32 Å². The first-order valence-electron chi connectivity index (χ1n) is 8.76. The maximum absolute atomic E-state index is 12.4. The van der Waals surface area contributed by atoms with E-state index in [1.54, 1.807) is 0 Å². The first-order valence-corrected chi connectivity index (χ1v) is 8.76. The van der Waals surface area contributed by atoms with Crippen LogP contribution >= 0.6 is 0 Å². The number of amides is 1. The smallest absolute Gasteiger partial charge is 0.269 e. The summed E-state index contributed by atoms with van der Waals surface area (Å²) in [5.74, 6) is -0.292. The van der Waals surface area contributed by atoms with Crippen molar-refractivity contribution in [2.24, 2.45) is 0 Å². The molecule has 3 aromatic rings. The van der Waals surface area contributed by atoms with Gasteiger partial charge in [0.15, 0.2) is 0 Å². The zero-order valence-corrected chi connectivity index (χ0v) is 14.8. The fourth-order valence-corrected chi connectivity index (χ4v) is 3.48. The molecule has 1 atom stereocenters. The maximum Gasteiger partial charge on any atom is 0.269 e. The lowest BCUT2D eigenvalue weighted by atomic mass is 9.92. The highest BCUT2D eigenvalue weighted by Gasteiger charge is 2.26. The van der Waals surface area contributed by atoms with Gasteiger partial charge in [-0.1, -0.05) is 6.07 Å². The van der Waals surface area contributed by atoms with Crippen molar-refractivity contribution in [3.63, 3.8) is 0 Å². The molecule has 7 heteroatoms. The Labute approximate surface area is 150 Å². The number of H-pyrrole nitrogens is 2. The largest absolute Gasteiger partial charge is 0.344 e. The highest BCUT2D eigenvalue weighted by atomic mass is 16.2. The van der Waals surface area contributed by atoms with Crippen LogP contribution in [-0.2, 0) is 6.42 Å². The summed E-state index contributed by atoms with van der Waals surface area (Å²) in [5, 5.41) is 12.6. The summed E-state index contributed by atoms with van der Waals surface area (Å²) in [7, 11) is 0. The minimum Gasteiger partial charge on any atom is -0.344 e. The summed E-state index contributed by atoms with van der Waals surface area (Å²) in [6.45, 7) is 4.18. The molecule has 2 aromatic heterocycles. The first-order chi connectivity index (χ1) is 12.5. The van der Waals surface area contributed by atoms with Crippen LogP contribution in [0.25, 0.3) is 5.69 Å². The van der Waals surface area contributed by atoms with Crippen LogP contribution in [0.3, 0.4) is 0 Å². The number of aromatic amines is 2. The van der Waals surface area contributed by atoms with Gasteiger partial charge in [0.25, 0.3) is 11.5 Å². The Morgan fingerprint density at radius 2 is 2.08 bits per heavy atom. The van der Waals surface area contributed by atoms with Crippen molar-refractivity contribution in [2.75, 3.05) is 0 Å². The van der Waals surface area contributed by atoms with E-state index in [1.807, 2.05) is 10.9 Å². The Morgan fingerprint density at radius 3 is 2.81 bits per heavy atom. The Hall–Kier alpha value is -3.09. The van der Waals surface area contributed by atoms with Crippen LogP contribution in [0, 0.1) is 13.8 Å². The van der Waals surface area contributed by atoms with Crippen LogP contribution in [-0.4, -0.2) is 25.9 Å². The summed E-state index contributed by atoms with van der Waals surface area (Å²) in [5.41, 5.74) is 5.61. The van der Waals surface area contributed by atoms with Crippen LogP contribution in [0.2, 0.25) is 0 Å². The molecule has 134 valence electrons. The third-order valence-corrected chi connectivity index (χ3v) is 5.06. The van der Waals surface area contributed by atoms with Crippen molar-refractivity contribution in [3.8, 4) is 5.69 Å². The minimum absolute atomic E-state index is 0.107. The van der Waals surface area contributed by atoms with E-state index in [1.165, 1.54) is 17.2 Å². The van der Waals surface area contributed by atoms with Crippen molar-refractivity contribution >= 4 is 5.91 Å². The molecule has 1 unspecified atom stereocenters. The number of aromatic nitrogens is 4. The van der Waals surface area contributed by atoms with Gasteiger partial charge >= 0.3 is 0 Å². The van der Waals surface area contributed by atoms with Gasteiger partial charge in [-0.25, -0.2) is 4.68 Å². The van der Waals surface area contributed by atoms with E-state index in [0.29, 0.717) is 0 Å². The zero-order chi connectivity index (χ0) is 18.3. The van der Waals surface area contributed by atoms with Crippen molar-refractivity contribution in [1.29, 1.82) is 0 Å². The lowest BCUT2D eigenvalue weighted by Crippen LogP contribution is -2.31. The molecule has 0 bridgehead atoms. The number of fused-ring (bicyclic) bond motifs is 1. The Balaban J connectivity index is 1.63. The fraction of sp³-hybridized carbons (Fsp3) is 0.316. The molecule has 4 rings (SSSR count). The van der Waals surface area contributed by atoms with Crippen molar-refractivity contribution < 1.29 is 4.79 Å². The average Bonchev–Trinajstić information content (AvgIpc) is 3.24. The molecule has 1 amide bonds. The number of aryl methyl sites for hydroxylation is 2. The third-order valence-electron chi connectivity index (χ3n) is 5.06. The molecule has 7 nitrogen and oxygen atoms in total. The Kier molecular flexibility index (Phi) is 3.99. The minimum atomic E-state index is -0.318. The number of hydrogen-bond donors (Lipinski definition) is 3. The van der Waals surface area contributed by atoms with Gasteiger partial charge in [-0.15, -0.1) is 0 Å². The molecule has 0 radical (unpaired) electrons. The van der Waals surface area contributed by atoms with E-state index < -0.39 is 0 Å². The number of rotatable bonds is 3. The monoisotopic (exact) mass is 351 g/mol. The second-order valence-electron chi connectivity index (χ2n) is 6.82. The molecule has 1 aromatic carbocycles. The predicted molar refractivity (Wildman–Crippen MR) is 97.6 cm³/mol. The molecule has 0 aliphatic heterocycles. The van der Waals surface area contributed by atoms with E-state index in [9.17, 15) is 9.59 Å². The van der Waals surface area contributed by atoms with Gasteiger partial charge in [-0.05, 0) is 56.4 Å². The topological polar surface area (TPSA) is 95.6 Å². The van der Waals surface area contributed by atoms with Crippen molar-refractivity contribution in [2.45, 2.75) is 39.2 Å². The first kappa shape index (κ1) is 16.4. The normalized spacial score (nSPS) is 16.3. The van der Waals surface area contributed by atoms with Crippen molar-refractivity contribution in [3.05, 3.63) is 68.9 Å². The number of nitrogens with one attached hydrogen (secondary N) is 3. The summed E-state index contributed by atoms with van der Waals surface area (Å²) in [6.07, 6.45) is 4.59. The average molecular weight is 351 g/mol. The number of nitrogens with zero attached hydrogens (tertiary/aromatic N) is 2. The zero-order valence-electron chi connectivity index (χ0n) is 14.8. The van der Waals surface area contributed by atoms with Crippen LogP contribution in [0.5, 0.6) is 0 Å². The highest BCUT2D eigenvalue weighted by Crippen LogP contribution is 2.31. The third kappa shape index (κ3) is 2.85. The lowest BCUT2D eigenvalue weighted by Gasteiger charge is -2.24. The van der Waals surface area contributed by atoms with Crippen LogP contribution < -0.4 is 10.9 Å². The van der Waals surface area contributed by atoms with Gasteiger partial charge in [0, 0.05) is 17.3 Å². The van der Waals surface area contributed by atoms with Gasteiger partial charge in [0.2, 0.25) is 0 Å². The highest BCUT2D eigenvalue weighted by molar-refractivity contribution is 5.92. The quantitative estimate of drug-likeness (QED) is 0.676. The van der Waals surface area contributed by atoms with Gasteiger partial charge in [0.1, 0.15) is 5.69 Å². The van der Waals surface area contributed by atoms with Gasteiger partial charge in [0.05, 0.1) is 17.9 Å². The molecule has 0 spiro atoms. The van der Waals surface area contributed by atoms with E-state index in [2.05, 4.69) is 52.7 Å². The molecule has 26 heavy (non-hydrogen) atoms. The second-order valence-corrected chi connectivity index (χ2v) is 6.82. The molecule has 0 fully saturated rings. The molecule has 3 N–H and O–H groups in total. The standard InChI is InChI=1S/C19H21N5O2/c1-11-6-7-13(8-12(11)2)24-17-5-3-4-15(14(17)10-20-24)21-19(26)16-9-18(25)23-22-16/h6-10,15H,3-5H2,1-2H3,(H,21,26)(H2,22,23,25). The number of hydrogen-bond acceptors (Lipinski definition) is 3. The molecule has 1 aliphatic rings.